The number of aliphatic hydroxyl groups excluding tert-OH is 1. The molecule has 0 amide bonds. The minimum Gasteiger partial charge on any atom is -0.393 e. The number of rotatable bonds is 3. The first kappa shape index (κ1) is 12.0. The van der Waals surface area contributed by atoms with Gasteiger partial charge in [0.2, 0.25) is 0 Å². The summed E-state index contributed by atoms with van der Waals surface area (Å²) in [6, 6.07) is 8.84. The van der Waals surface area contributed by atoms with Gasteiger partial charge in [0.1, 0.15) is 0 Å². The number of aliphatic hydroxyl groups is 1. The first-order valence-corrected chi connectivity index (χ1v) is 7.26. The van der Waals surface area contributed by atoms with E-state index in [0.29, 0.717) is 0 Å². The molecular weight excluding hydrogens is 216 g/mol. The zero-order valence-corrected chi connectivity index (χ0v) is 10.7. The van der Waals surface area contributed by atoms with Gasteiger partial charge in [-0.05, 0) is 54.7 Å². The molecule has 1 atom stereocenters. The zero-order valence-electron chi connectivity index (χ0n) is 9.86. The second-order valence-electron chi connectivity index (χ2n) is 4.68. The summed E-state index contributed by atoms with van der Waals surface area (Å²) in [6.07, 6.45) is 3.17. The van der Waals surface area contributed by atoms with E-state index in [1.54, 1.807) is 0 Å². The maximum atomic E-state index is 9.32. The normalized spacial score (nSPS) is 19.6. The van der Waals surface area contributed by atoms with Crippen molar-refractivity contribution in [1.29, 1.82) is 0 Å². The van der Waals surface area contributed by atoms with E-state index in [-0.39, 0.29) is 6.10 Å². The summed E-state index contributed by atoms with van der Waals surface area (Å²) in [5, 5.41) is 9.32. The third-order valence-electron chi connectivity index (χ3n) is 3.20. The van der Waals surface area contributed by atoms with Crippen LogP contribution in [0.4, 0.5) is 0 Å². The van der Waals surface area contributed by atoms with Crippen LogP contribution in [-0.4, -0.2) is 22.7 Å². The predicted octanol–water partition coefficient (Wildman–Crippen LogP) is 3.22. The van der Waals surface area contributed by atoms with Crippen LogP contribution in [0.25, 0.3) is 0 Å². The molecule has 2 heteroatoms. The number of thioether (sulfide) groups is 1. The summed E-state index contributed by atoms with van der Waals surface area (Å²) >= 11 is 2.07. The molecule has 0 saturated carbocycles. The van der Waals surface area contributed by atoms with Crippen LogP contribution in [-0.2, 0) is 6.42 Å². The van der Waals surface area contributed by atoms with Crippen LogP contribution in [0.1, 0.15) is 36.8 Å². The lowest BCUT2D eigenvalue weighted by atomic mass is 9.92. The molecule has 0 aromatic heterocycles. The Hall–Kier alpha value is -0.470. The zero-order chi connectivity index (χ0) is 11.4. The van der Waals surface area contributed by atoms with Crippen LogP contribution >= 0.6 is 11.8 Å². The van der Waals surface area contributed by atoms with Crippen LogP contribution < -0.4 is 0 Å². The fourth-order valence-electron chi connectivity index (χ4n) is 2.30. The highest BCUT2D eigenvalue weighted by molar-refractivity contribution is 7.99. The molecule has 1 fully saturated rings. The van der Waals surface area contributed by atoms with Gasteiger partial charge in [-0.1, -0.05) is 24.3 Å². The van der Waals surface area contributed by atoms with Crippen molar-refractivity contribution >= 4 is 11.8 Å². The molecule has 1 saturated heterocycles. The Morgan fingerprint density at radius 1 is 1.25 bits per heavy atom. The topological polar surface area (TPSA) is 20.2 Å². The van der Waals surface area contributed by atoms with Crippen molar-refractivity contribution in [2.45, 2.75) is 38.2 Å². The molecule has 16 heavy (non-hydrogen) atoms. The molecule has 1 aromatic rings. The second kappa shape index (κ2) is 5.74. The molecule has 1 nitrogen and oxygen atoms in total. The summed E-state index contributed by atoms with van der Waals surface area (Å²) in [6.45, 7) is 1.84. The third kappa shape index (κ3) is 3.26. The molecular formula is C14H20OS. The van der Waals surface area contributed by atoms with Crippen LogP contribution in [0.5, 0.6) is 0 Å². The molecule has 1 N–H and O–H groups in total. The molecule has 88 valence electrons. The average molecular weight is 236 g/mol. The number of hydrogen-bond acceptors (Lipinski definition) is 2. The standard InChI is InChI=1S/C14H20OS/c1-11(15)10-12-2-4-13(5-3-12)14-6-8-16-9-7-14/h2-5,11,14-15H,6-10H2,1H3. The first-order valence-electron chi connectivity index (χ1n) is 6.10. The van der Waals surface area contributed by atoms with Crippen molar-refractivity contribution in [3.8, 4) is 0 Å². The van der Waals surface area contributed by atoms with E-state index >= 15 is 0 Å². The molecule has 0 bridgehead atoms. The molecule has 2 rings (SSSR count). The highest BCUT2D eigenvalue weighted by Crippen LogP contribution is 2.31. The largest absolute Gasteiger partial charge is 0.393 e. The Morgan fingerprint density at radius 3 is 2.44 bits per heavy atom. The molecule has 1 aliphatic heterocycles. The van der Waals surface area contributed by atoms with Crippen molar-refractivity contribution in [3.63, 3.8) is 0 Å². The third-order valence-corrected chi connectivity index (χ3v) is 4.25. The van der Waals surface area contributed by atoms with E-state index in [0.717, 1.165) is 12.3 Å². The van der Waals surface area contributed by atoms with E-state index in [1.165, 1.54) is 35.5 Å². The Balaban J connectivity index is 2.00. The van der Waals surface area contributed by atoms with Gasteiger partial charge in [0, 0.05) is 0 Å². The molecule has 1 aromatic carbocycles. The lowest BCUT2D eigenvalue weighted by molar-refractivity contribution is 0.195. The monoisotopic (exact) mass is 236 g/mol. The lowest BCUT2D eigenvalue weighted by Gasteiger charge is -2.21. The highest BCUT2D eigenvalue weighted by Gasteiger charge is 2.15. The van der Waals surface area contributed by atoms with Crippen molar-refractivity contribution in [3.05, 3.63) is 35.4 Å². The minimum atomic E-state index is -0.239. The Bertz CT molecular complexity index is 312. The summed E-state index contributed by atoms with van der Waals surface area (Å²) in [5.41, 5.74) is 2.72. The van der Waals surface area contributed by atoms with Gasteiger partial charge < -0.3 is 5.11 Å². The summed E-state index contributed by atoms with van der Waals surface area (Å²) in [5.74, 6) is 3.38. The van der Waals surface area contributed by atoms with Gasteiger partial charge in [0.05, 0.1) is 6.10 Å². The minimum absolute atomic E-state index is 0.239. The van der Waals surface area contributed by atoms with Gasteiger partial charge in [-0.15, -0.1) is 0 Å². The van der Waals surface area contributed by atoms with E-state index < -0.39 is 0 Å². The van der Waals surface area contributed by atoms with Gasteiger partial charge >= 0.3 is 0 Å². The molecule has 0 radical (unpaired) electrons. The quantitative estimate of drug-likeness (QED) is 0.869. The van der Waals surface area contributed by atoms with Gasteiger partial charge in [0.25, 0.3) is 0 Å². The summed E-state index contributed by atoms with van der Waals surface area (Å²) in [7, 11) is 0. The smallest absolute Gasteiger partial charge is 0.0552 e. The molecule has 0 spiro atoms. The fraction of sp³-hybridized carbons (Fsp3) is 0.571. The predicted molar refractivity (Wildman–Crippen MR) is 71.1 cm³/mol. The van der Waals surface area contributed by atoms with Gasteiger partial charge in [-0.2, -0.15) is 11.8 Å². The van der Waals surface area contributed by atoms with E-state index in [9.17, 15) is 5.11 Å². The second-order valence-corrected chi connectivity index (χ2v) is 5.91. The SMILES string of the molecule is CC(O)Cc1ccc(C2CCSCC2)cc1. The number of hydrogen-bond donors (Lipinski definition) is 1. The fourth-order valence-corrected chi connectivity index (χ4v) is 3.40. The maximum absolute atomic E-state index is 9.32. The Kier molecular flexibility index (Phi) is 4.30. The summed E-state index contributed by atoms with van der Waals surface area (Å²) < 4.78 is 0. The van der Waals surface area contributed by atoms with Crippen molar-refractivity contribution in [2.24, 2.45) is 0 Å². The summed E-state index contributed by atoms with van der Waals surface area (Å²) in [4.78, 5) is 0. The lowest BCUT2D eigenvalue weighted by Crippen LogP contribution is -2.08. The molecule has 1 unspecified atom stereocenters. The Labute approximate surface area is 102 Å². The maximum Gasteiger partial charge on any atom is 0.0552 e. The molecule has 1 aliphatic rings. The van der Waals surface area contributed by atoms with Crippen LogP contribution in [0, 0.1) is 0 Å². The Morgan fingerprint density at radius 2 is 1.88 bits per heavy atom. The van der Waals surface area contributed by atoms with Gasteiger partial charge in [0.15, 0.2) is 0 Å². The van der Waals surface area contributed by atoms with E-state index in [2.05, 4.69) is 36.0 Å². The van der Waals surface area contributed by atoms with Crippen LogP contribution in [0.2, 0.25) is 0 Å². The molecule has 0 aliphatic carbocycles. The average Bonchev–Trinajstić information content (AvgIpc) is 2.30. The van der Waals surface area contributed by atoms with Crippen LogP contribution in [0.15, 0.2) is 24.3 Å². The molecule has 1 heterocycles. The van der Waals surface area contributed by atoms with Gasteiger partial charge in [-0.3, -0.25) is 0 Å². The van der Waals surface area contributed by atoms with E-state index in [1.807, 2.05) is 6.92 Å². The van der Waals surface area contributed by atoms with Gasteiger partial charge in [-0.25, -0.2) is 0 Å². The van der Waals surface area contributed by atoms with Crippen molar-refractivity contribution in [2.75, 3.05) is 11.5 Å². The number of benzene rings is 1. The van der Waals surface area contributed by atoms with Crippen molar-refractivity contribution < 1.29 is 5.11 Å². The van der Waals surface area contributed by atoms with Crippen LogP contribution in [0.3, 0.4) is 0 Å². The first-order chi connectivity index (χ1) is 7.75. The van der Waals surface area contributed by atoms with E-state index in [4.69, 9.17) is 0 Å². The van der Waals surface area contributed by atoms with Crippen molar-refractivity contribution in [1.82, 2.24) is 0 Å². The highest BCUT2D eigenvalue weighted by atomic mass is 32.2.